The summed E-state index contributed by atoms with van der Waals surface area (Å²) in [5.74, 6) is -0.175. The van der Waals surface area contributed by atoms with Crippen LogP contribution in [0.2, 0.25) is 0 Å². The van der Waals surface area contributed by atoms with Crippen molar-refractivity contribution < 1.29 is 22.8 Å². The molecule has 1 heterocycles. The summed E-state index contributed by atoms with van der Waals surface area (Å²) in [6, 6.07) is 5.42. The van der Waals surface area contributed by atoms with Gasteiger partial charge in [0.05, 0.1) is 18.7 Å². The maximum absolute atomic E-state index is 13.1. The lowest BCUT2D eigenvalue weighted by Gasteiger charge is -2.35. The molecule has 0 saturated carbocycles. The topological polar surface area (TPSA) is 55.9 Å². The summed E-state index contributed by atoms with van der Waals surface area (Å²) in [4.78, 5) is 29.9. The van der Waals surface area contributed by atoms with E-state index in [1.807, 2.05) is 25.7 Å². The number of rotatable bonds is 6. The highest BCUT2D eigenvalue weighted by Crippen LogP contribution is 2.32. The Balaban J connectivity index is 1.82. The van der Waals surface area contributed by atoms with Gasteiger partial charge in [-0.25, -0.2) is 0 Å². The summed E-state index contributed by atoms with van der Waals surface area (Å²) in [5, 5.41) is 2.92. The summed E-state index contributed by atoms with van der Waals surface area (Å²) in [6.45, 7) is 8.29. The van der Waals surface area contributed by atoms with Crippen molar-refractivity contribution >= 4 is 11.8 Å². The summed E-state index contributed by atoms with van der Waals surface area (Å²) >= 11 is 0. The van der Waals surface area contributed by atoms with E-state index in [2.05, 4.69) is 5.32 Å². The fourth-order valence-electron chi connectivity index (χ4n) is 3.43. The van der Waals surface area contributed by atoms with E-state index in [4.69, 9.17) is 0 Å². The number of carbonyl (C=O) groups excluding carboxylic acids is 2. The first-order valence-electron chi connectivity index (χ1n) is 10.00. The third-order valence-electron chi connectivity index (χ3n) is 4.77. The van der Waals surface area contributed by atoms with Crippen LogP contribution < -0.4 is 5.32 Å². The minimum atomic E-state index is -4.42. The third-order valence-corrected chi connectivity index (χ3v) is 4.77. The Hall–Kier alpha value is -2.13. The molecule has 6 nitrogen and oxygen atoms in total. The van der Waals surface area contributed by atoms with Crippen LogP contribution in [0.4, 0.5) is 13.2 Å². The Morgan fingerprint density at radius 3 is 2.23 bits per heavy atom. The van der Waals surface area contributed by atoms with Crippen molar-refractivity contribution in [1.29, 1.82) is 0 Å². The molecule has 1 aliphatic heterocycles. The number of nitrogens with one attached hydrogen (secondary N) is 1. The maximum atomic E-state index is 13.1. The number of halogens is 3. The number of hydrogen-bond donors (Lipinski definition) is 1. The minimum absolute atomic E-state index is 0.0361. The molecule has 1 saturated heterocycles. The highest BCUT2D eigenvalue weighted by molar-refractivity contribution is 5.79. The molecule has 1 aromatic carbocycles. The Morgan fingerprint density at radius 2 is 1.67 bits per heavy atom. The molecule has 168 valence electrons. The van der Waals surface area contributed by atoms with Crippen LogP contribution in [0.15, 0.2) is 24.3 Å². The van der Waals surface area contributed by atoms with Crippen molar-refractivity contribution in [1.82, 2.24) is 20.0 Å². The molecule has 0 atom stereocenters. The highest BCUT2D eigenvalue weighted by Gasteiger charge is 2.33. The van der Waals surface area contributed by atoms with Gasteiger partial charge in [0.15, 0.2) is 0 Å². The Bertz CT molecular complexity index is 739. The predicted molar refractivity (Wildman–Crippen MR) is 109 cm³/mol. The van der Waals surface area contributed by atoms with E-state index in [1.165, 1.54) is 12.1 Å². The van der Waals surface area contributed by atoms with Gasteiger partial charge < -0.3 is 10.2 Å². The molecule has 0 spiro atoms. The van der Waals surface area contributed by atoms with Gasteiger partial charge in [0.1, 0.15) is 0 Å². The number of alkyl halides is 3. The zero-order chi connectivity index (χ0) is 22.5. The largest absolute Gasteiger partial charge is 0.416 e. The molecule has 1 fully saturated rings. The summed E-state index contributed by atoms with van der Waals surface area (Å²) < 4.78 is 39.4. The summed E-state index contributed by atoms with van der Waals surface area (Å²) in [6.07, 6.45) is -4.42. The number of piperazine rings is 1. The van der Waals surface area contributed by atoms with Gasteiger partial charge in [-0.2, -0.15) is 13.2 Å². The first-order valence-corrected chi connectivity index (χ1v) is 10.00. The summed E-state index contributed by atoms with van der Waals surface area (Å²) in [5.41, 5.74) is -0.814. The van der Waals surface area contributed by atoms with Gasteiger partial charge in [-0.1, -0.05) is 18.2 Å². The predicted octanol–water partition coefficient (Wildman–Crippen LogP) is 2.20. The standard InChI is InChI=1S/C21H31F3N4O2/c1-20(2,3)25-18(29)14-27-9-11-28(12-10-27)19(30)15-26(4)13-16-7-5-6-8-17(16)21(22,23)24/h5-8H,9-15H2,1-4H3,(H,25,29). The molecule has 1 aromatic rings. The first kappa shape index (κ1) is 24.1. The molecule has 1 aliphatic rings. The molecule has 0 unspecified atom stereocenters. The fraction of sp³-hybridized carbons (Fsp3) is 0.619. The van der Waals surface area contributed by atoms with Gasteiger partial charge in [-0.05, 0) is 39.4 Å². The maximum Gasteiger partial charge on any atom is 0.416 e. The molecule has 2 rings (SSSR count). The molecule has 2 amide bonds. The molecule has 0 aromatic heterocycles. The molecule has 30 heavy (non-hydrogen) atoms. The van der Waals surface area contributed by atoms with E-state index in [9.17, 15) is 22.8 Å². The average Bonchev–Trinajstić information content (AvgIpc) is 2.60. The third kappa shape index (κ3) is 7.60. The number of carbonyl (C=O) groups is 2. The Kier molecular flexibility index (Phi) is 7.87. The van der Waals surface area contributed by atoms with Crippen LogP contribution in [-0.4, -0.2) is 78.4 Å². The second kappa shape index (κ2) is 9.78. The normalized spacial score (nSPS) is 16.1. The smallest absolute Gasteiger partial charge is 0.350 e. The van der Waals surface area contributed by atoms with E-state index < -0.39 is 11.7 Å². The van der Waals surface area contributed by atoms with Crippen LogP contribution in [0, 0.1) is 0 Å². The lowest BCUT2D eigenvalue weighted by Crippen LogP contribution is -2.54. The van der Waals surface area contributed by atoms with Crippen molar-refractivity contribution in [3.05, 3.63) is 35.4 Å². The van der Waals surface area contributed by atoms with Crippen LogP contribution >= 0.6 is 0 Å². The van der Waals surface area contributed by atoms with E-state index in [0.717, 1.165) is 6.07 Å². The Labute approximate surface area is 176 Å². The van der Waals surface area contributed by atoms with Gasteiger partial charge in [-0.3, -0.25) is 19.4 Å². The number of likely N-dealkylation sites (N-methyl/N-ethyl adjacent to an activating group) is 1. The fourth-order valence-corrected chi connectivity index (χ4v) is 3.43. The molecular formula is C21H31F3N4O2. The first-order chi connectivity index (χ1) is 13.8. The van der Waals surface area contributed by atoms with Gasteiger partial charge in [0, 0.05) is 38.3 Å². The molecule has 0 radical (unpaired) electrons. The van der Waals surface area contributed by atoms with E-state index in [0.29, 0.717) is 26.2 Å². The second-order valence-corrected chi connectivity index (χ2v) is 8.78. The zero-order valence-corrected chi connectivity index (χ0v) is 18.1. The van der Waals surface area contributed by atoms with Crippen molar-refractivity contribution in [2.75, 3.05) is 46.3 Å². The molecule has 9 heteroatoms. The minimum Gasteiger partial charge on any atom is -0.350 e. The molecule has 0 bridgehead atoms. The second-order valence-electron chi connectivity index (χ2n) is 8.78. The van der Waals surface area contributed by atoms with Crippen LogP contribution in [0.25, 0.3) is 0 Å². The van der Waals surface area contributed by atoms with Crippen molar-refractivity contribution in [3.63, 3.8) is 0 Å². The SMILES string of the molecule is CN(CC(=O)N1CCN(CC(=O)NC(C)(C)C)CC1)Cc1ccccc1C(F)(F)F. The monoisotopic (exact) mass is 428 g/mol. The van der Waals surface area contributed by atoms with Crippen molar-refractivity contribution in [3.8, 4) is 0 Å². The molecule has 0 aliphatic carbocycles. The zero-order valence-electron chi connectivity index (χ0n) is 18.1. The van der Waals surface area contributed by atoms with Crippen molar-refractivity contribution in [2.45, 2.75) is 39.0 Å². The van der Waals surface area contributed by atoms with Gasteiger partial charge >= 0.3 is 6.18 Å². The number of amides is 2. The van der Waals surface area contributed by atoms with Gasteiger partial charge in [0.25, 0.3) is 0 Å². The van der Waals surface area contributed by atoms with Crippen LogP contribution in [0.5, 0.6) is 0 Å². The average molecular weight is 428 g/mol. The van der Waals surface area contributed by atoms with Crippen LogP contribution in [-0.2, 0) is 22.3 Å². The van der Waals surface area contributed by atoms with Crippen LogP contribution in [0.3, 0.4) is 0 Å². The lowest BCUT2D eigenvalue weighted by atomic mass is 10.1. The Morgan fingerprint density at radius 1 is 1.07 bits per heavy atom. The molecular weight excluding hydrogens is 397 g/mol. The molecule has 1 N–H and O–H groups in total. The van der Waals surface area contributed by atoms with Gasteiger partial charge in [-0.15, -0.1) is 0 Å². The van der Waals surface area contributed by atoms with Gasteiger partial charge in [0.2, 0.25) is 11.8 Å². The number of hydrogen-bond acceptors (Lipinski definition) is 4. The van der Waals surface area contributed by atoms with Crippen LogP contribution in [0.1, 0.15) is 31.9 Å². The summed E-state index contributed by atoms with van der Waals surface area (Å²) in [7, 11) is 1.64. The van der Waals surface area contributed by atoms with E-state index >= 15 is 0 Å². The van der Waals surface area contributed by atoms with E-state index in [-0.39, 0.29) is 42.6 Å². The number of benzene rings is 1. The van der Waals surface area contributed by atoms with Crippen molar-refractivity contribution in [2.24, 2.45) is 0 Å². The number of nitrogens with zero attached hydrogens (tertiary/aromatic N) is 3. The lowest BCUT2D eigenvalue weighted by molar-refractivity contribution is -0.138. The quantitative estimate of drug-likeness (QED) is 0.755. The van der Waals surface area contributed by atoms with E-state index in [1.54, 1.807) is 22.9 Å². The highest BCUT2D eigenvalue weighted by atomic mass is 19.4.